The smallest absolute Gasteiger partial charge is 0.343 e. The van der Waals surface area contributed by atoms with Gasteiger partial charge >= 0.3 is 11.9 Å². The molecule has 11 heteroatoms. The zero-order valence-corrected chi connectivity index (χ0v) is 25.6. The summed E-state index contributed by atoms with van der Waals surface area (Å²) in [4.78, 5) is 44.8. The van der Waals surface area contributed by atoms with Crippen molar-refractivity contribution in [1.82, 2.24) is 4.57 Å². The van der Waals surface area contributed by atoms with E-state index in [-0.39, 0.29) is 17.7 Å². The second-order valence-corrected chi connectivity index (χ2v) is 10.6. The van der Waals surface area contributed by atoms with Gasteiger partial charge in [-0.1, -0.05) is 23.5 Å². The summed E-state index contributed by atoms with van der Waals surface area (Å²) in [7, 11) is 4.61. The van der Waals surface area contributed by atoms with Crippen LogP contribution >= 0.6 is 11.3 Å². The number of rotatable bonds is 9. The Morgan fingerprint density at radius 2 is 1.55 bits per heavy atom. The fraction of sp³-hybridized carbons (Fsp3) is 0.212. The summed E-state index contributed by atoms with van der Waals surface area (Å²) in [6, 6.07) is 17.7. The van der Waals surface area contributed by atoms with Crippen LogP contribution in [0.2, 0.25) is 0 Å². The highest BCUT2D eigenvalue weighted by Gasteiger charge is 2.35. The number of aromatic nitrogens is 1. The van der Waals surface area contributed by atoms with E-state index in [1.54, 1.807) is 93.8 Å². The molecule has 0 bridgehead atoms. The Morgan fingerprint density at radius 3 is 2.18 bits per heavy atom. The SMILES string of the molecule is CCOC(=O)C1=C(C)N=c2s/c(=C\c3ccc(OC(=O)c4ccc(OC)cc4)cc3)c(=O)n2[C@@H]1c1cc(OC)ccc1OC. The first kappa shape index (κ1) is 30.3. The second-order valence-electron chi connectivity index (χ2n) is 9.60. The van der Waals surface area contributed by atoms with E-state index in [0.717, 1.165) is 0 Å². The van der Waals surface area contributed by atoms with Crippen molar-refractivity contribution in [2.45, 2.75) is 19.9 Å². The van der Waals surface area contributed by atoms with E-state index in [0.29, 0.717) is 54.7 Å². The molecule has 0 fully saturated rings. The fourth-order valence-electron chi connectivity index (χ4n) is 4.82. The number of allylic oxidation sites excluding steroid dienone is 1. The standard InChI is InChI=1S/C33H30N2O8S/c1-6-42-32(38)28-19(2)34-33-35(29(28)25-18-24(40-4)15-16-26(25)41-5)30(36)27(44-33)17-20-7-11-23(12-8-20)43-31(37)21-9-13-22(39-3)14-10-21/h7-18,29H,6H2,1-5H3/b27-17-/t29-/m1/s1. The Balaban J connectivity index is 1.53. The highest BCUT2D eigenvalue weighted by atomic mass is 32.1. The van der Waals surface area contributed by atoms with Gasteiger partial charge in [0.15, 0.2) is 4.80 Å². The van der Waals surface area contributed by atoms with Crippen molar-refractivity contribution < 1.29 is 33.3 Å². The number of hydrogen-bond donors (Lipinski definition) is 0. The van der Waals surface area contributed by atoms with E-state index in [1.165, 1.54) is 30.1 Å². The lowest BCUT2D eigenvalue weighted by Crippen LogP contribution is -2.40. The zero-order chi connectivity index (χ0) is 31.4. The topological polar surface area (TPSA) is 115 Å². The average Bonchev–Trinajstić information content (AvgIpc) is 3.34. The van der Waals surface area contributed by atoms with Crippen molar-refractivity contribution in [2.24, 2.45) is 4.99 Å². The predicted molar refractivity (Wildman–Crippen MR) is 164 cm³/mol. The van der Waals surface area contributed by atoms with E-state index < -0.39 is 18.0 Å². The number of methoxy groups -OCH3 is 3. The van der Waals surface area contributed by atoms with Crippen LogP contribution in [-0.4, -0.2) is 44.4 Å². The van der Waals surface area contributed by atoms with Crippen LogP contribution < -0.4 is 33.8 Å². The van der Waals surface area contributed by atoms with Crippen LogP contribution in [0.25, 0.3) is 6.08 Å². The minimum Gasteiger partial charge on any atom is -0.497 e. The molecule has 0 saturated carbocycles. The van der Waals surface area contributed by atoms with Crippen molar-refractivity contribution >= 4 is 29.4 Å². The van der Waals surface area contributed by atoms with Gasteiger partial charge in [-0.2, -0.15) is 0 Å². The minimum absolute atomic E-state index is 0.160. The fourth-order valence-corrected chi connectivity index (χ4v) is 5.86. The Kier molecular flexibility index (Phi) is 8.96. The number of ether oxygens (including phenoxy) is 5. The zero-order valence-electron chi connectivity index (χ0n) is 24.8. The maximum absolute atomic E-state index is 14.0. The first-order valence-electron chi connectivity index (χ1n) is 13.7. The molecular formula is C33H30N2O8S. The number of thiazole rings is 1. The first-order chi connectivity index (χ1) is 21.3. The molecule has 0 radical (unpaired) electrons. The summed E-state index contributed by atoms with van der Waals surface area (Å²) in [6.45, 7) is 3.60. The normalized spacial score (nSPS) is 14.4. The van der Waals surface area contributed by atoms with E-state index >= 15 is 0 Å². The average molecular weight is 615 g/mol. The lowest BCUT2D eigenvalue weighted by molar-refractivity contribution is -0.139. The Hall–Kier alpha value is -5.16. The van der Waals surface area contributed by atoms with Crippen LogP contribution in [0.3, 0.4) is 0 Å². The first-order valence-corrected chi connectivity index (χ1v) is 14.5. The highest BCUT2D eigenvalue weighted by Crippen LogP contribution is 2.37. The summed E-state index contributed by atoms with van der Waals surface area (Å²) in [5.74, 6) is 0.920. The van der Waals surface area contributed by atoms with Crippen molar-refractivity contribution in [1.29, 1.82) is 0 Å². The van der Waals surface area contributed by atoms with Gasteiger partial charge in [0.05, 0.1) is 49.3 Å². The molecule has 5 rings (SSSR count). The van der Waals surface area contributed by atoms with Gasteiger partial charge in [-0.15, -0.1) is 0 Å². The van der Waals surface area contributed by atoms with E-state index in [9.17, 15) is 14.4 Å². The van der Waals surface area contributed by atoms with Gasteiger partial charge in [-0.05, 0) is 80.1 Å². The third-order valence-corrected chi connectivity index (χ3v) is 7.95. The molecule has 226 valence electrons. The Bertz CT molecular complexity index is 1920. The Labute approximate surface area is 257 Å². The van der Waals surface area contributed by atoms with Crippen LogP contribution in [0, 0.1) is 0 Å². The molecule has 0 amide bonds. The number of benzene rings is 3. The van der Waals surface area contributed by atoms with Gasteiger partial charge < -0.3 is 23.7 Å². The molecule has 0 saturated heterocycles. The predicted octanol–water partition coefficient (Wildman–Crippen LogP) is 4.04. The summed E-state index contributed by atoms with van der Waals surface area (Å²) >= 11 is 1.20. The van der Waals surface area contributed by atoms with Gasteiger partial charge in [0, 0.05) is 5.56 Å². The molecule has 0 spiro atoms. The molecule has 3 aromatic carbocycles. The number of hydrogen-bond acceptors (Lipinski definition) is 10. The molecule has 0 aliphatic carbocycles. The van der Waals surface area contributed by atoms with Gasteiger partial charge in [-0.25, -0.2) is 14.6 Å². The van der Waals surface area contributed by atoms with Crippen molar-refractivity contribution in [3.05, 3.63) is 114 Å². The minimum atomic E-state index is -0.864. The molecule has 10 nitrogen and oxygen atoms in total. The molecule has 2 heterocycles. The third kappa shape index (κ3) is 6.00. The molecular weight excluding hydrogens is 584 g/mol. The summed E-state index contributed by atoms with van der Waals surface area (Å²) in [6.07, 6.45) is 1.72. The molecule has 0 N–H and O–H groups in total. The van der Waals surface area contributed by atoms with Gasteiger partial charge in [0.2, 0.25) is 0 Å². The van der Waals surface area contributed by atoms with E-state index in [4.69, 9.17) is 23.7 Å². The van der Waals surface area contributed by atoms with Crippen molar-refractivity contribution in [2.75, 3.05) is 27.9 Å². The molecule has 1 aliphatic heterocycles. The van der Waals surface area contributed by atoms with E-state index in [1.807, 2.05) is 0 Å². The summed E-state index contributed by atoms with van der Waals surface area (Å²) in [5.41, 5.74) is 1.98. The van der Waals surface area contributed by atoms with Crippen molar-refractivity contribution in [3.8, 4) is 23.0 Å². The van der Waals surface area contributed by atoms with Crippen LogP contribution in [0.1, 0.15) is 41.4 Å². The maximum atomic E-state index is 14.0. The number of carbonyl (C=O) groups excluding carboxylic acids is 2. The third-order valence-electron chi connectivity index (χ3n) is 6.96. The quantitative estimate of drug-likeness (QED) is 0.205. The molecule has 1 aliphatic rings. The number of nitrogens with zero attached hydrogens (tertiary/aromatic N) is 2. The Morgan fingerprint density at radius 1 is 0.886 bits per heavy atom. The summed E-state index contributed by atoms with van der Waals surface area (Å²) in [5, 5.41) is 0. The molecule has 1 atom stereocenters. The lowest BCUT2D eigenvalue weighted by atomic mass is 9.94. The number of fused-ring (bicyclic) bond motifs is 1. The van der Waals surface area contributed by atoms with Crippen LogP contribution in [-0.2, 0) is 9.53 Å². The highest BCUT2D eigenvalue weighted by molar-refractivity contribution is 7.07. The molecule has 4 aromatic rings. The lowest BCUT2D eigenvalue weighted by Gasteiger charge is -2.26. The molecule has 0 unspecified atom stereocenters. The van der Waals surface area contributed by atoms with Crippen LogP contribution in [0.15, 0.2) is 87.8 Å². The van der Waals surface area contributed by atoms with Gasteiger partial charge in [0.1, 0.15) is 29.0 Å². The van der Waals surface area contributed by atoms with Crippen LogP contribution in [0.5, 0.6) is 23.0 Å². The molecule has 1 aromatic heterocycles. The largest absolute Gasteiger partial charge is 0.497 e. The molecule has 44 heavy (non-hydrogen) atoms. The van der Waals surface area contributed by atoms with Crippen LogP contribution in [0.4, 0.5) is 0 Å². The monoisotopic (exact) mass is 614 g/mol. The van der Waals surface area contributed by atoms with Gasteiger partial charge in [0.25, 0.3) is 5.56 Å². The number of carbonyl (C=O) groups is 2. The summed E-state index contributed by atoms with van der Waals surface area (Å²) < 4.78 is 29.0. The maximum Gasteiger partial charge on any atom is 0.343 e. The van der Waals surface area contributed by atoms with Crippen molar-refractivity contribution in [3.63, 3.8) is 0 Å². The second kappa shape index (κ2) is 13.0. The number of esters is 2. The van der Waals surface area contributed by atoms with Gasteiger partial charge in [-0.3, -0.25) is 9.36 Å². The van der Waals surface area contributed by atoms with E-state index in [2.05, 4.69) is 4.99 Å².